The third kappa shape index (κ3) is 2.63. The summed E-state index contributed by atoms with van der Waals surface area (Å²) in [5.74, 6) is 0. The third-order valence-electron chi connectivity index (χ3n) is 6.96. The van der Waals surface area contributed by atoms with Gasteiger partial charge in [-0.1, -0.05) is 36.4 Å². The first-order valence-electron chi connectivity index (χ1n) is 11.5. The van der Waals surface area contributed by atoms with E-state index >= 15 is 0 Å². The third-order valence-corrected chi connectivity index (χ3v) is 6.96. The smallest absolute Gasteiger partial charge is 0.303 e. The minimum Gasteiger partial charge on any atom is -0.416 e. The Bertz CT molecular complexity index is 2000. The van der Waals surface area contributed by atoms with Crippen molar-refractivity contribution in [2.24, 2.45) is 0 Å². The standard InChI is InChI=1S/C28H20N4O3/c1-35-32-23-9-5-3-7-18(23)19-10-13-29-21(26(19)32)12-15-30-14-11-20-17-6-2-4-8-22(17)31-27(20)24(30)16-25(33)28(31)34/h2-11,13-14,16H,12,15H2,1H3. The summed E-state index contributed by atoms with van der Waals surface area (Å²) in [7, 11) is 1.66. The van der Waals surface area contributed by atoms with Crippen LogP contribution in [-0.4, -0.2) is 25.8 Å². The van der Waals surface area contributed by atoms with Gasteiger partial charge >= 0.3 is 5.56 Å². The molecule has 0 aliphatic carbocycles. The first kappa shape index (κ1) is 19.8. The molecule has 2 aliphatic heterocycles. The van der Waals surface area contributed by atoms with Crippen molar-refractivity contribution in [3.63, 3.8) is 0 Å². The molecule has 0 unspecified atom stereocenters. The summed E-state index contributed by atoms with van der Waals surface area (Å²) in [6.45, 7) is 0.585. The van der Waals surface area contributed by atoms with E-state index in [4.69, 9.17) is 4.84 Å². The van der Waals surface area contributed by atoms with Gasteiger partial charge in [0.1, 0.15) is 12.6 Å². The molecule has 0 atom stereocenters. The van der Waals surface area contributed by atoms with Gasteiger partial charge in [-0.3, -0.25) is 19.0 Å². The summed E-state index contributed by atoms with van der Waals surface area (Å²) in [6.07, 6.45) is 4.44. The Hall–Kier alpha value is -4.65. The average Bonchev–Trinajstić information content (AvgIpc) is 3.41. The van der Waals surface area contributed by atoms with Crippen LogP contribution in [0, 0.1) is 0 Å². The Morgan fingerprint density at radius 1 is 0.857 bits per heavy atom. The van der Waals surface area contributed by atoms with Crippen LogP contribution in [-0.2, 0) is 13.0 Å². The van der Waals surface area contributed by atoms with Crippen LogP contribution in [0.2, 0.25) is 0 Å². The van der Waals surface area contributed by atoms with Crippen molar-refractivity contribution >= 4 is 38.1 Å². The van der Waals surface area contributed by atoms with Gasteiger partial charge in [-0.2, -0.15) is 4.73 Å². The van der Waals surface area contributed by atoms with E-state index in [1.165, 1.54) is 6.07 Å². The average molecular weight is 460 g/mol. The first-order valence-corrected chi connectivity index (χ1v) is 11.5. The first-order chi connectivity index (χ1) is 17.2. The van der Waals surface area contributed by atoms with Crippen molar-refractivity contribution in [1.29, 1.82) is 0 Å². The minimum absolute atomic E-state index is 0.514. The Morgan fingerprint density at radius 2 is 1.60 bits per heavy atom. The fourth-order valence-corrected chi connectivity index (χ4v) is 5.46. The van der Waals surface area contributed by atoms with E-state index in [1.54, 1.807) is 11.5 Å². The zero-order valence-corrected chi connectivity index (χ0v) is 18.9. The van der Waals surface area contributed by atoms with E-state index in [0.29, 0.717) is 13.0 Å². The molecule has 0 bridgehead atoms. The maximum Gasteiger partial charge on any atom is 0.303 e. The largest absolute Gasteiger partial charge is 0.416 e. The molecule has 7 heteroatoms. The number of hydrogen-bond donors (Lipinski definition) is 0. The molecule has 0 fully saturated rings. The molecule has 0 spiro atoms. The lowest BCUT2D eigenvalue weighted by Gasteiger charge is -2.16. The Balaban J connectivity index is 1.40. The van der Waals surface area contributed by atoms with Crippen molar-refractivity contribution in [2.45, 2.75) is 13.0 Å². The number of pyridine rings is 3. The number of fused-ring (bicyclic) bond motifs is 6. The SMILES string of the molecule is COn1c2ccccc2c2ccnc(CCn3ccc4c5n(c(=O)c(=O)cc3-5)c3ccccc43)c21. The van der Waals surface area contributed by atoms with Gasteiger partial charge in [0.05, 0.1) is 28.1 Å². The molecule has 2 aromatic carbocycles. The van der Waals surface area contributed by atoms with E-state index < -0.39 is 11.0 Å². The van der Waals surface area contributed by atoms with Gasteiger partial charge in [0.2, 0.25) is 5.43 Å². The summed E-state index contributed by atoms with van der Waals surface area (Å²) in [5, 5.41) is 4.12. The molecular formula is C28H20N4O3. The molecule has 170 valence electrons. The number of benzene rings is 2. The molecule has 3 aromatic heterocycles. The highest BCUT2D eigenvalue weighted by Crippen LogP contribution is 2.34. The summed E-state index contributed by atoms with van der Waals surface area (Å²) in [6, 6.07) is 21.3. The van der Waals surface area contributed by atoms with Crippen molar-refractivity contribution in [2.75, 3.05) is 7.11 Å². The van der Waals surface area contributed by atoms with Gasteiger partial charge in [-0.25, -0.2) is 0 Å². The van der Waals surface area contributed by atoms with Gasteiger partial charge in [0, 0.05) is 53.0 Å². The second-order valence-electron chi connectivity index (χ2n) is 8.72. The molecule has 0 radical (unpaired) electrons. The fraction of sp³-hybridized carbons (Fsp3) is 0.107. The summed E-state index contributed by atoms with van der Waals surface area (Å²) in [5.41, 5.74) is 4.07. The second-order valence-corrected chi connectivity index (χ2v) is 8.72. The predicted octanol–water partition coefficient (Wildman–Crippen LogP) is 3.96. The van der Waals surface area contributed by atoms with E-state index in [9.17, 15) is 9.59 Å². The van der Waals surface area contributed by atoms with Gasteiger partial charge in [0.15, 0.2) is 0 Å². The fourth-order valence-electron chi connectivity index (χ4n) is 5.46. The molecule has 7 rings (SSSR count). The van der Waals surface area contributed by atoms with Crippen LogP contribution in [0.25, 0.3) is 49.5 Å². The molecule has 2 aliphatic rings. The summed E-state index contributed by atoms with van der Waals surface area (Å²) >= 11 is 0. The van der Waals surface area contributed by atoms with Crippen molar-refractivity contribution in [3.05, 3.63) is 105 Å². The molecule has 0 amide bonds. The van der Waals surface area contributed by atoms with Crippen LogP contribution in [0.3, 0.4) is 0 Å². The van der Waals surface area contributed by atoms with Crippen LogP contribution in [0.4, 0.5) is 0 Å². The molecule has 5 aromatic rings. The Morgan fingerprint density at radius 3 is 2.40 bits per heavy atom. The molecular weight excluding hydrogens is 440 g/mol. The number of para-hydroxylation sites is 2. The van der Waals surface area contributed by atoms with Crippen LogP contribution < -0.4 is 15.8 Å². The molecule has 0 saturated carbocycles. The summed E-state index contributed by atoms with van der Waals surface area (Å²) in [4.78, 5) is 35.9. The van der Waals surface area contributed by atoms with E-state index in [0.717, 1.165) is 55.2 Å². The lowest BCUT2D eigenvalue weighted by atomic mass is 10.1. The van der Waals surface area contributed by atoms with E-state index in [1.807, 2.05) is 76.3 Å². The number of aryl methyl sites for hydroxylation is 2. The van der Waals surface area contributed by atoms with Crippen molar-refractivity contribution in [3.8, 4) is 11.4 Å². The molecule has 5 heterocycles. The van der Waals surface area contributed by atoms with Crippen LogP contribution in [0.1, 0.15) is 5.69 Å². The monoisotopic (exact) mass is 460 g/mol. The summed E-state index contributed by atoms with van der Waals surface area (Å²) < 4.78 is 5.42. The quantitative estimate of drug-likeness (QED) is 0.373. The second kappa shape index (κ2) is 7.17. The minimum atomic E-state index is -0.516. The highest BCUT2D eigenvalue weighted by molar-refractivity contribution is 6.08. The maximum atomic E-state index is 12.8. The van der Waals surface area contributed by atoms with E-state index in [2.05, 4.69) is 11.1 Å². The lowest BCUT2D eigenvalue weighted by Crippen LogP contribution is -2.31. The van der Waals surface area contributed by atoms with E-state index in [-0.39, 0.29) is 0 Å². The topological polar surface area (TPSA) is 70.5 Å². The molecule has 0 saturated heterocycles. The Labute approximate surface area is 198 Å². The van der Waals surface area contributed by atoms with Gasteiger partial charge in [-0.05, 0) is 24.3 Å². The number of rotatable bonds is 4. The van der Waals surface area contributed by atoms with Gasteiger partial charge < -0.3 is 9.40 Å². The molecule has 0 N–H and O–H groups in total. The highest BCUT2D eigenvalue weighted by Gasteiger charge is 2.22. The normalized spacial score (nSPS) is 12.0. The van der Waals surface area contributed by atoms with Crippen molar-refractivity contribution < 1.29 is 4.84 Å². The molecule has 35 heavy (non-hydrogen) atoms. The molecule has 7 nitrogen and oxygen atoms in total. The zero-order valence-electron chi connectivity index (χ0n) is 18.9. The van der Waals surface area contributed by atoms with Crippen LogP contribution in [0.15, 0.2) is 88.7 Å². The lowest BCUT2D eigenvalue weighted by molar-refractivity contribution is 0.189. The Kier molecular flexibility index (Phi) is 4.05. The van der Waals surface area contributed by atoms with Crippen molar-refractivity contribution in [1.82, 2.24) is 18.7 Å². The highest BCUT2D eigenvalue weighted by atomic mass is 16.6. The number of nitrogens with zero attached hydrogens (tertiary/aromatic N) is 4. The van der Waals surface area contributed by atoms with Crippen LogP contribution in [0.5, 0.6) is 0 Å². The van der Waals surface area contributed by atoms with Gasteiger partial charge in [-0.15, -0.1) is 0 Å². The number of hydrogen-bond acceptors (Lipinski definition) is 4. The van der Waals surface area contributed by atoms with Crippen LogP contribution >= 0.6 is 0 Å². The number of aromatic nitrogens is 4. The predicted molar refractivity (Wildman–Crippen MR) is 137 cm³/mol. The van der Waals surface area contributed by atoms with Gasteiger partial charge in [0.25, 0.3) is 0 Å². The maximum absolute atomic E-state index is 12.8. The zero-order chi connectivity index (χ0) is 23.7.